The number of ether oxygens (including phenoxy) is 1. The standard InChI is InChI=1S/C14H21N3O3/c1-10-6-11(2)13(15-7-10)17-5-4-16(14(18)19)8-12(17)9-20-3/h6-7,12H,4-5,8-9H2,1-3H3,(H,18,19). The first-order chi connectivity index (χ1) is 9.52. The molecule has 1 N–H and O–H groups in total. The summed E-state index contributed by atoms with van der Waals surface area (Å²) in [6, 6.07) is 2.09. The van der Waals surface area contributed by atoms with E-state index in [-0.39, 0.29) is 6.04 Å². The lowest BCUT2D eigenvalue weighted by Crippen LogP contribution is -2.56. The van der Waals surface area contributed by atoms with E-state index < -0.39 is 6.09 Å². The number of methoxy groups -OCH3 is 1. The molecule has 20 heavy (non-hydrogen) atoms. The van der Waals surface area contributed by atoms with Gasteiger partial charge in [-0.1, -0.05) is 6.07 Å². The Labute approximate surface area is 119 Å². The van der Waals surface area contributed by atoms with Crippen molar-refractivity contribution in [2.24, 2.45) is 0 Å². The number of pyridine rings is 1. The van der Waals surface area contributed by atoms with Crippen LogP contribution in [-0.2, 0) is 4.74 Å². The molecule has 0 saturated carbocycles. The Bertz CT molecular complexity index is 493. The van der Waals surface area contributed by atoms with Crippen molar-refractivity contribution in [1.29, 1.82) is 0 Å². The van der Waals surface area contributed by atoms with E-state index in [1.54, 1.807) is 7.11 Å². The Morgan fingerprint density at radius 2 is 2.25 bits per heavy atom. The highest BCUT2D eigenvalue weighted by atomic mass is 16.5. The van der Waals surface area contributed by atoms with Gasteiger partial charge in [-0.05, 0) is 25.0 Å². The van der Waals surface area contributed by atoms with Crippen LogP contribution in [0.2, 0.25) is 0 Å². The number of amides is 1. The summed E-state index contributed by atoms with van der Waals surface area (Å²) in [6.45, 7) is 6.10. The molecular weight excluding hydrogens is 258 g/mol. The number of anilines is 1. The third-order valence-electron chi connectivity index (χ3n) is 3.57. The van der Waals surface area contributed by atoms with Gasteiger partial charge in [-0.2, -0.15) is 0 Å². The van der Waals surface area contributed by atoms with Crippen molar-refractivity contribution in [1.82, 2.24) is 9.88 Å². The maximum absolute atomic E-state index is 11.1. The Morgan fingerprint density at radius 1 is 1.50 bits per heavy atom. The van der Waals surface area contributed by atoms with Gasteiger partial charge in [0.1, 0.15) is 5.82 Å². The summed E-state index contributed by atoms with van der Waals surface area (Å²) in [5, 5.41) is 9.12. The molecule has 0 aromatic carbocycles. The number of hydrogen-bond donors (Lipinski definition) is 1. The van der Waals surface area contributed by atoms with E-state index in [1.165, 1.54) is 4.90 Å². The molecule has 6 nitrogen and oxygen atoms in total. The minimum Gasteiger partial charge on any atom is -0.465 e. The minimum absolute atomic E-state index is 0.00115. The lowest BCUT2D eigenvalue weighted by molar-refractivity contribution is 0.111. The van der Waals surface area contributed by atoms with Gasteiger partial charge in [-0.25, -0.2) is 9.78 Å². The van der Waals surface area contributed by atoms with Crippen LogP contribution in [0.4, 0.5) is 10.6 Å². The smallest absolute Gasteiger partial charge is 0.407 e. The number of piperazine rings is 1. The van der Waals surface area contributed by atoms with Gasteiger partial charge in [0, 0.05) is 32.9 Å². The number of hydrogen-bond acceptors (Lipinski definition) is 4. The van der Waals surface area contributed by atoms with Gasteiger partial charge in [-0.15, -0.1) is 0 Å². The lowest BCUT2D eigenvalue weighted by Gasteiger charge is -2.41. The predicted molar refractivity (Wildman–Crippen MR) is 76.3 cm³/mol. The predicted octanol–water partition coefficient (Wildman–Crippen LogP) is 1.51. The van der Waals surface area contributed by atoms with Crippen molar-refractivity contribution in [3.8, 4) is 0 Å². The molecule has 0 aliphatic carbocycles. The summed E-state index contributed by atoms with van der Waals surface area (Å²) in [6.07, 6.45) is 0.967. The first-order valence-corrected chi connectivity index (χ1v) is 6.69. The number of nitrogens with zero attached hydrogens (tertiary/aromatic N) is 3. The van der Waals surface area contributed by atoms with E-state index in [4.69, 9.17) is 9.84 Å². The normalized spacial score (nSPS) is 19.2. The number of carbonyl (C=O) groups is 1. The molecule has 1 aromatic rings. The summed E-state index contributed by atoms with van der Waals surface area (Å²) in [7, 11) is 1.63. The number of carboxylic acid groups (broad SMARTS) is 1. The highest BCUT2D eigenvalue weighted by Crippen LogP contribution is 2.23. The fourth-order valence-corrected chi connectivity index (χ4v) is 2.65. The first kappa shape index (κ1) is 14.6. The molecule has 1 aromatic heterocycles. The van der Waals surface area contributed by atoms with E-state index in [1.807, 2.05) is 20.0 Å². The quantitative estimate of drug-likeness (QED) is 0.908. The average Bonchev–Trinajstić information content (AvgIpc) is 2.39. The van der Waals surface area contributed by atoms with Crippen LogP contribution in [0.15, 0.2) is 12.3 Å². The Hall–Kier alpha value is -1.82. The largest absolute Gasteiger partial charge is 0.465 e. The lowest BCUT2D eigenvalue weighted by atomic mass is 10.1. The Kier molecular flexibility index (Phi) is 4.44. The maximum Gasteiger partial charge on any atom is 0.407 e. The van der Waals surface area contributed by atoms with Crippen molar-refractivity contribution in [2.75, 3.05) is 38.3 Å². The van der Waals surface area contributed by atoms with Crippen molar-refractivity contribution < 1.29 is 14.6 Å². The van der Waals surface area contributed by atoms with Crippen LogP contribution in [0.5, 0.6) is 0 Å². The molecule has 0 radical (unpaired) electrons. The van der Waals surface area contributed by atoms with Crippen LogP contribution in [0.3, 0.4) is 0 Å². The third kappa shape index (κ3) is 3.01. The van der Waals surface area contributed by atoms with Crippen molar-refractivity contribution in [3.05, 3.63) is 23.4 Å². The Balaban J connectivity index is 2.23. The van der Waals surface area contributed by atoms with E-state index >= 15 is 0 Å². The van der Waals surface area contributed by atoms with Gasteiger partial charge in [-0.3, -0.25) is 0 Å². The van der Waals surface area contributed by atoms with Gasteiger partial charge >= 0.3 is 6.09 Å². The van der Waals surface area contributed by atoms with Crippen molar-refractivity contribution in [3.63, 3.8) is 0 Å². The molecule has 1 saturated heterocycles. The van der Waals surface area contributed by atoms with Gasteiger partial charge < -0.3 is 19.6 Å². The molecule has 2 rings (SSSR count). The molecular formula is C14H21N3O3. The second-order valence-electron chi connectivity index (χ2n) is 5.18. The zero-order valence-electron chi connectivity index (χ0n) is 12.2. The van der Waals surface area contributed by atoms with Crippen LogP contribution >= 0.6 is 0 Å². The highest BCUT2D eigenvalue weighted by molar-refractivity contribution is 5.65. The first-order valence-electron chi connectivity index (χ1n) is 6.69. The molecule has 1 aliphatic rings. The van der Waals surface area contributed by atoms with E-state index in [0.717, 1.165) is 16.9 Å². The minimum atomic E-state index is -0.876. The number of rotatable bonds is 3. The van der Waals surface area contributed by atoms with Gasteiger partial charge in [0.15, 0.2) is 0 Å². The highest BCUT2D eigenvalue weighted by Gasteiger charge is 2.30. The van der Waals surface area contributed by atoms with E-state index in [2.05, 4.69) is 16.0 Å². The van der Waals surface area contributed by atoms with Gasteiger partial charge in [0.05, 0.1) is 12.6 Å². The topological polar surface area (TPSA) is 65.9 Å². The third-order valence-corrected chi connectivity index (χ3v) is 3.57. The van der Waals surface area contributed by atoms with E-state index in [9.17, 15) is 4.79 Å². The summed E-state index contributed by atoms with van der Waals surface area (Å²) < 4.78 is 5.24. The average molecular weight is 279 g/mol. The zero-order valence-corrected chi connectivity index (χ0v) is 12.2. The van der Waals surface area contributed by atoms with Gasteiger partial charge in [0.2, 0.25) is 0 Å². The van der Waals surface area contributed by atoms with Crippen molar-refractivity contribution in [2.45, 2.75) is 19.9 Å². The number of aryl methyl sites for hydroxylation is 2. The summed E-state index contributed by atoms with van der Waals surface area (Å²) >= 11 is 0. The molecule has 110 valence electrons. The number of aromatic nitrogens is 1. The molecule has 1 aliphatic heterocycles. The van der Waals surface area contributed by atoms with E-state index in [0.29, 0.717) is 26.2 Å². The van der Waals surface area contributed by atoms with Crippen LogP contribution < -0.4 is 4.90 Å². The van der Waals surface area contributed by atoms with Crippen LogP contribution in [0, 0.1) is 13.8 Å². The fourth-order valence-electron chi connectivity index (χ4n) is 2.65. The zero-order chi connectivity index (χ0) is 14.7. The molecule has 1 amide bonds. The molecule has 0 spiro atoms. The molecule has 6 heteroatoms. The second kappa shape index (κ2) is 6.09. The van der Waals surface area contributed by atoms with Crippen molar-refractivity contribution >= 4 is 11.9 Å². The molecule has 1 fully saturated rings. The maximum atomic E-state index is 11.1. The molecule has 1 atom stereocenters. The van der Waals surface area contributed by atoms with Crippen LogP contribution in [0.1, 0.15) is 11.1 Å². The summed E-state index contributed by atoms with van der Waals surface area (Å²) in [5.41, 5.74) is 2.23. The fraction of sp³-hybridized carbons (Fsp3) is 0.571. The second-order valence-corrected chi connectivity index (χ2v) is 5.18. The SMILES string of the molecule is COCC1CN(C(=O)O)CCN1c1ncc(C)cc1C. The monoisotopic (exact) mass is 279 g/mol. The molecule has 1 unspecified atom stereocenters. The van der Waals surface area contributed by atoms with Crippen LogP contribution in [0.25, 0.3) is 0 Å². The molecule has 0 bridgehead atoms. The summed E-state index contributed by atoms with van der Waals surface area (Å²) in [5.74, 6) is 0.919. The van der Waals surface area contributed by atoms with Gasteiger partial charge in [0.25, 0.3) is 0 Å². The van der Waals surface area contributed by atoms with Crippen LogP contribution in [-0.4, -0.2) is 60.5 Å². The Morgan fingerprint density at radius 3 is 2.85 bits per heavy atom. The summed E-state index contributed by atoms with van der Waals surface area (Å²) in [4.78, 5) is 19.2. The molecule has 2 heterocycles.